The van der Waals surface area contributed by atoms with E-state index in [1.807, 2.05) is 0 Å². The van der Waals surface area contributed by atoms with Crippen molar-refractivity contribution >= 4 is 39.3 Å². The Bertz CT molecular complexity index is 1140. The summed E-state index contributed by atoms with van der Waals surface area (Å²) in [6.45, 7) is 6.19. The van der Waals surface area contributed by atoms with Crippen LogP contribution < -0.4 is 4.90 Å². The first-order valence-corrected chi connectivity index (χ1v) is 15.1. The van der Waals surface area contributed by atoms with Crippen LogP contribution in [0.4, 0.5) is 5.82 Å². The molecule has 3 heterocycles. The van der Waals surface area contributed by atoms with Gasteiger partial charge in [0.05, 0.1) is 56.3 Å². The number of likely N-dealkylation sites (tertiary alicyclic amines) is 1. The summed E-state index contributed by atoms with van der Waals surface area (Å²) in [4.78, 5) is 30.9. The molecule has 2 aromatic rings. The van der Waals surface area contributed by atoms with E-state index >= 15 is 0 Å². The smallest absolute Gasteiger partial charge is 0.233 e. The Kier molecular flexibility index (Phi) is 5.66. The summed E-state index contributed by atoms with van der Waals surface area (Å²) in [6, 6.07) is 8.57. The number of amides is 2. The Morgan fingerprint density at radius 2 is 1.61 bits per heavy atom. The van der Waals surface area contributed by atoms with Gasteiger partial charge in [0, 0.05) is 17.8 Å². The van der Waals surface area contributed by atoms with Gasteiger partial charge in [0.2, 0.25) is 11.8 Å². The van der Waals surface area contributed by atoms with Crippen LogP contribution in [0.5, 0.6) is 0 Å². The molecule has 7 rings (SSSR count). The third kappa shape index (κ3) is 3.72. The number of rotatable bonds is 5. The van der Waals surface area contributed by atoms with E-state index in [1.54, 1.807) is 16.4 Å². The van der Waals surface area contributed by atoms with E-state index in [9.17, 15) is 9.59 Å². The van der Waals surface area contributed by atoms with E-state index in [-0.39, 0.29) is 23.7 Å². The lowest BCUT2D eigenvalue weighted by Crippen LogP contribution is -2.60. The molecule has 0 N–H and O–H groups in total. The van der Waals surface area contributed by atoms with Gasteiger partial charge >= 0.3 is 0 Å². The molecule has 2 amide bonds. The molecular weight excluding hydrogens is 468 g/mol. The van der Waals surface area contributed by atoms with Crippen LogP contribution in [0.3, 0.4) is 0 Å². The lowest BCUT2D eigenvalue weighted by Gasteiger charge is -2.46. The number of aromatic nitrogens is 1. The number of nitrogens with zero attached hydrogens (tertiary/aromatic N) is 4. The molecule has 2 bridgehead atoms. The number of hydrogen-bond donors (Lipinski definition) is 0. The Labute approximate surface area is 218 Å². The van der Waals surface area contributed by atoms with Crippen molar-refractivity contribution in [3.63, 3.8) is 0 Å². The van der Waals surface area contributed by atoms with Gasteiger partial charge in [-0.05, 0) is 73.5 Å². The molecule has 2 saturated heterocycles. The van der Waals surface area contributed by atoms with Crippen LogP contribution in [0.25, 0.3) is 10.1 Å². The molecule has 5 aliphatic rings. The fourth-order valence-electron chi connectivity index (χ4n) is 8.66. The fourth-order valence-corrected chi connectivity index (χ4v) is 9.45. The van der Waals surface area contributed by atoms with Gasteiger partial charge in [0.25, 0.3) is 0 Å². The predicted octanol–water partition coefficient (Wildman–Crippen LogP) is 4.40. The number of benzene rings is 1. The second-order valence-electron chi connectivity index (χ2n) is 12.7. The summed E-state index contributed by atoms with van der Waals surface area (Å²) >= 11 is 1.61. The van der Waals surface area contributed by atoms with Gasteiger partial charge in [-0.2, -0.15) is 4.37 Å². The molecule has 192 valence electrons. The van der Waals surface area contributed by atoms with Gasteiger partial charge < -0.3 is 9.38 Å². The Balaban J connectivity index is 1.01. The zero-order valence-electron chi connectivity index (χ0n) is 21.5. The Hall–Kier alpha value is -1.99. The van der Waals surface area contributed by atoms with E-state index in [2.05, 4.69) is 36.2 Å². The van der Waals surface area contributed by atoms with Crippen LogP contribution >= 0.6 is 11.5 Å². The average Bonchev–Trinajstić information content (AvgIpc) is 3.66. The molecule has 3 aliphatic carbocycles. The standard InChI is InChI=1S/C29H39N4O2S/c1-33(14-12-31(13-15-33)27-23-8-4-5-9-24(23)36-30-27)18-22-7-3-2-6-21(22)17-32-28(34)25-19-10-11-20(16-19)26(25)29(32)35/h4-5,8-9,19-22,25-26H,2-3,6-7,10-18H2,1H3/q+1/t19?,20?,21?,22-,25?,26?/m0/s1. The van der Waals surface area contributed by atoms with Gasteiger partial charge in [-0.15, -0.1) is 0 Å². The predicted molar refractivity (Wildman–Crippen MR) is 143 cm³/mol. The van der Waals surface area contributed by atoms with Gasteiger partial charge in [0.15, 0.2) is 5.82 Å². The first-order valence-electron chi connectivity index (χ1n) is 14.3. The van der Waals surface area contributed by atoms with Crippen molar-refractivity contribution in [2.45, 2.75) is 44.9 Å². The third-order valence-corrected chi connectivity index (χ3v) is 11.5. The van der Waals surface area contributed by atoms with E-state index in [4.69, 9.17) is 4.37 Å². The zero-order chi connectivity index (χ0) is 24.4. The molecular formula is C29H39N4O2S+. The lowest BCUT2D eigenvalue weighted by atomic mass is 9.78. The Morgan fingerprint density at radius 1 is 0.944 bits per heavy atom. The van der Waals surface area contributed by atoms with Crippen molar-refractivity contribution < 1.29 is 14.1 Å². The molecule has 7 heteroatoms. The van der Waals surface area contributed by atoms with Crippen molar-refractivity contribution in [3.8, 4) is 0 Å². The van der Waals surface area contributed by atoms with Crippen LogP contribution in [-0.2, 0) is 9.59 Å². The van der Waals surface area contributed by atoms with E-state index in [0.29, 0.717) is 30.2 Å². The topological polar surface area (TPSA) is 53.5 Å². The average molecular weight is 508 g/mol. The third-order valence-electron chi connectivity index (χ3n) is 10.7. The highest BCUT2D eigenvalue weighted by Gasteiger charge is 2.61. The number of fused-ring (bicyclic) bond motifs is 6. The maximum atomic E-state index is 13.4. The van der Waals surface area contributed by atoms with Gasteiger partial charge in [-0.25, -0.2) is 0 Å². The minimum Gasteiger partial charge on any atom is -0.344 e. The van der Waals surface area contributed by atoms with Crippen LogP contribution in [0.15, 0.2) is 24.3 Å². The first kappa shape index (κ1) is 23.2. The maximum absolute atomic E-state index is 13.4. The van der Waals surface area contributed by atoms with E-state index in [1.165, 1.54) is 42.3 Å². The normalized spacial score (nSPS) is 35.7. The van der Waals surface area contributed by atoms with Crippen LogP contribution in [0.1, 0.15) is 44.9 Å². The summed E-state index contributed by atoms with van der Waals surface area (Å²) in [5.74, 6) is 3.63. The number of piperazine rings is 1. The summed E-state index contributed by atoms with van der Waals surface area (Å²) in [7, 11) is 2.43. The number of anilines is 1. The van der Waals surface area contributed by atoms with E-state index < -0.39 is 0 Å². The monoisotopic (exact) mass is 507 g/mol. The van der Waals surface area contributed by atoms with Crippen molar-refractivity contribution in [2.75, 3.05) is 51.2 Å². The molecule has 36 heavy (non-hydrogen) atoms. The molecule has 6 nitrogen and oxygen atoms in total. The Morgan fingerprint density at radius 3 is 2.33 bits per heavy atom. The van der Waals surface area contributed by atoms with Crippen molar-refractivity contribution in [1.29, 1.82) is 0 Å². The lowest BCUT2D eigenvalue weighted by molar-refractivity contribution is -0.913. The van der Waals surface area contributed by atoms with Gasteiger partial charge in [-0.3, -0.25) is 14.5 Å². The van der Waals surface area contributed by atoms with Crippen molar-refractivity contribution in [2.24, 2.45) is 35.5 Å². The molecule has 6 atom stereocenters. The SMILES string of the molecule is C[N+]1(C[C@@H]2CCCCC2CN2C(=O)C3C4CCC(C4)C3C2=O)CCN(c2nsc3ccccc23)CC1. The number of imide groups is 1. The summed E-state index contributed by atoms with van der Waals surface area (Å²) in [5, 5.41) is 1.28. The largest absolute Gasteiger partial charge is 0.344 e. The number of carbonyl (C=O) groups is 2. The summed E-state index contributed by atoms with van der Waals surface area (Å²) in [5.41, 5.74) is 0. The van der Waals surface area contributed by atoms with Crippen molar-refractivity contribution in [3.05, 3.63) is 24.3 Å². The molecule has 1 aromatic heterocycles. The minimum atomic E-state index is 0.0257. The minimum absolute atomic E-state index is 0.0257. The second kappa shape index (κ2) is 8.80. The van der Waals surface area contributed by atoms with Crippen LogP contribution in [0, 0.1) is 35.5 Å². The molecule has 0 spiro atoms. The number of likely N-dealkylation sites (N-methyl/N-ethyl adjacent to an activating group) is 1. The molecule has 5 unspecified atom stereocenters. The molecule has 5 fully saturated rings. The highest BCUT2D eigenvalue weighted by atomic mass is 32.1. The zero-order valence-corrected chi connectivity index (χ0v) is 22.3. The van der Waals surface area contributed by atoms with Crippen LogP contribution in [0.2, 0.25) is 0 Å². The van der Waals surface area contributed by atoms with E-state index in [0.717, 1.165) is 55.7 Å². The molecule has 2 aliphatic heterocycles. The second-order valence-corrected chi connectivity index (χ2v) is 13.5. The summed E-state index contributed by atoms with van der Waals surface area (Å²) in [6.07, 6.45) is 8.38. The highest BCUT2D eigenvalue weighted by molar-refractivity contribution is 7.13. The molecule has 0 radical (unpaired) electrons. The highest BCUT2D eigenvalue weighted by Crippen LogP contribution is 2.56. The maximum Gasteiger partial charge on any atom is 0.233 e. The number of hydrogen-bond acceptors (Lipinski definition) is 5. The first-order chi connectivity index (χ1) is 17.5. The number of carbonyl (C=O) groups excluding carboxylic acids is 2. The molecule has 1 aromatic carbocycles. The van der Waals surface area contributed by atoms with Gasteiger partial charge in [-0.1, -0.05) is 25.0 Å². The van der Waals surface area contributed by atoms with Crippen molar-refractivity contribution in [1.82, 2.24) is 9.27 Å². The number of quaternary nitrogens is 1. The van der Waals surface area contributed by atoms with Crippen LogP contribution in [-0.4, -0.2) is 71.9 Å². The summed E-state index contributed by atoms with van der Waals surface area (Å²) < 4.78 is 7.16. The fraction of sp³-hybridized carbons (Fsp3) is 0.690. The molecule has 3 saturated carbocycles. The van der Waals surface area contributed by atoms with Gasteiger partial charge in [0.1, 0.15) is 0 Å². The quantitative estimate of drug-likeness (QED) is 0.445.